The molecule has 1 unspecified atom stereocenters. The number of carbonyl (C=O) groups is 1. The Morgan fingerprint density at radius 1 is 0.871 bits per heavy atom. The lowest BCUT2D eigenvalue weighted by atomic mass is 10.1. The predicted molar refractivity (Wildman–Crippen MR) is 122 cm³/mol. The maximum absolute atomic E-state index is 12.2. The van der Waals surface area contributed by atoms with Gasteiger partial charge in [-0.3, -0.25) is 4.79 Å². The van der Waals surface area contributed by atoms with Crippen molar-refractivity contribution in [2.24, 2.45) is 5.92 Å². The van der Waals surface area contributed by atoms with Crippen LogP contribution in [0.2, 0.25) is 0 Å². The third-order valence-electron chi connectivity index (χ3n) is 5.44. The molecule has 0 spiro atoms. The molecular formula is C26H28N2O3. The van der Waals surface area contributed by atoms with Crippen molar-refractivity contribution in [3.63, 3.8) is 0 Å². The fraction of sp³-hybridized carbons (Fsp3) is 0.269. The highest BCUT2D eigenvalue weighted by Gasteiger charge is 2.22. The average Bonchev–Trinajstić information content (AvgIpc) is 3.31. The zero-order valence-electron chi connectivity index (χ0n) is 17.6. The second kappa shape index (κ2) is 10.5. The lowest BCUT2D eigenvalue weighted by molar-refractivity contribution is -0.123. The lowest BCUT2D eigenvalue weighted by Crippen LogP contribution is -2.34. The molecule has 1 aliphatic heterocycles. The Hall–Kier alpha value is -3.47. The normalized spacial score (nSPS) is 15.5. The lowest BCUT2D eigenvalue weighted by Gasteiger charge is -2.18. The number of benzene rings is 3. The van der Waals surface area contributed by atoms with Gasteiger partial charge in [0, 0.05) is 25.3 Å². The van der Waals surface area contributed by atoms with Crippen molar-refractivity contribution in [2.45, 2.75) is 13.0 Å². The van der Waals surface area contributed by atoms with Crippen molar-refractivity contribution >= 4 is 11.6 Å². The number of amides is 1. The smallest absolute Gasteiger partial charge is 0.257 e. The van der Waals surface area contributed by atoms with Gasteiger partial charge in [0.05, 0.1) is 0 Å². The molecule has 160 valence electrons. The summed E-state index contributed by atoms with van der Waals surface area (Å²) in [5.74, 6) is 1.79. The Bertz CT molecular complexity index is 945. The van der Waals surface area contributed by atoms with Gasteiger partial charge in [0.15, 0.2) is 6.61 Å². The van der Waals surface area contributed by atoms with E-state index < -0.39 is 0 Å². The molecular weight excluding hydrogens is 388 g/mol. The molecule has 3 aromatic carbocycles. The number of carbonyl (C=O) groups excluding carboxylic acids is 1. The molecule has 0 aromatic heterocycles. The predicted octanol–water partition coefficient (Wildman–Crippen LogP) is 4.29. The Balaban J connectivity index is 1.15. The zero-order chi connectivity index (χ0) is 21.3. The summed E-state index contributed by atoms with van der Waals surface area (Å²) >= 11 is 0. The van der Waals surface area contributed by atoms with Crippen molar-refractivity contribution < 1.29 is 14.3 Å². The Morgan fingerprint density at radius 3 is 2.23 bits per heavy atom. The Morgan fingerprint density at radius 2 is 1.52 bits per heavy atom. The molecule has 4 rings (SSSR count). The summed E-state index contributed by atoms with van der Waals surface area (Å²) in [6.07, 6.45) is 1.08. The number of rotatable bonds is 9. The van der Waals surface area contributed by atoms with E-state index in [9.17, 15) is 4.79 Å². The minimum Gasteiger partial charge on any atom is -0.489 e. The van der Waals surface area contributed by atoms with E-state index in [0.29, 0.717) is 24.8 Å². The van der Waals surface area contributed by atoms with Gasteiger partial charge in [-0.1, -0.05) is 48.5 Å². The van der Waals surface area contributed by atoms with Crippen LogP contribution in [0.15, 0.2) is 84.9 Å². The van der Waals surface area contributed by atoms with Gasteiger partial charge in [-0.2, -0.15) is 0 Å². The van der Waals surface area contributed by atoms with Crippen LogP contribution >= 0.6 is 0 Å². The molecule has 1 heterocycles. The number of hydrogen-bond donors (Lipinski definition) is 1. The summed E-state index contributed by atoms with van der Waals surface area (Å²) in [6.45, 7) is 3.21. The number of nitrogens with one attached hydrogen (secondary N) is 1. The fourth-order valence-electron chi connectivity index (χ4n) is 3.70. The fourth-order valence-corrected chi connectivity index (χ4v) is 3.70. The molecule has 0 radical (unpaired) electrons. The van der Waals surface area contributed by atoms with Crippen LogP contribution in [0.3, 0.4) is 0 Å². The minimum absolute atomic E-state index is 0.0132. The SMILES string of the molecule is O=C(COc1ccc(OCc2ccccc2)cc1)NCC1CCN(c2ccccc2)C1. The first kappa shape index (κ1) is 20.8. The summed E-state index contributed by atoms with van der Waals surface area (Å²) < 4.78 is 11.4. The average molecular weight is 417 g/mol. The number of anilines is 1. The minimum atomic E-state index is -0.0948. The first-order valence-corrected chi connectivity index (χ1v) is 10.7. The molecule has 5 heteroatoms. The molecule has 0 saturated carbocycles. The summed E-state index contributed by atoms with van der Waals surface area (Å²) in [5, 5.41) is 3.00. The summed E-state index contributed by atoms with van der Waals surface area (Å²) in [6, 6.07) is 27.8. The van der Waals surface area contributed by atoms with Gasteiger partial charge in [-0.15, -0.1) is 0 Å². The van der Waals surface area contributed by atoms with E-state index in [1.165, 1.54) is 5.69 Å². The quantitative estimate of drug-likeness (QED) is 0.566. The van der Waals surface area contributed by atoms with Gasteiger partial charge in [0.2, 0.25) is 0 Å². The highest BCUT2D eigenvalue weighted by Crippen LogP contribution is 2.23. The second-order valence-electron chi connectivity index (χ2n) is 7.77. The van der Waals surface area contributed by atoms with Crippen LogP contribution in [0.1, 0.15) is 12.0 Å². The standard InChI is InChI=1S/C26H28N2O3/c29-26(27-17-22-15-16-28(18-22)23-9-5-2-6-10-23)20-31-25-13-11-24(12-14-25)30-19-21-7-3-1-4-8-21/h1-14,22H,15-20H2,(H,27,29). The maximum Gasteiger partial charge on any atom is 0.257 e. The summed E-state index contributed by atoms with van der Waals surface area (Å²) in [5.41, 5.74) is 2.37. The van der Waals surface area contributed by atoms with E-state index in [1.54, 1.807) is 0 Å². The summed E-state index contributed by atoms with van der Waals surface area (Å²) in [7, 11) is 0. The molecule has 3 aromatic rings. The van der Waals surface area contributed by atoms with Crippen molar-refractivity contribution in [1.29, 1.82) is 0 Å². The number of nitrogens with zero attached hydrogens (tertiary/aromatic N) is 1. The molecule has 0 aliphatic carbocycles. The number of para-hydroxylation sites is 1. The van der Waals surface area contributed by atoms with Crippen LogP contribution in [-0.4, -0.2) is 32.1 Å². The van der Waals surface area contributed by atoms with Gasteiger partial charge >= 0.3 is 0 Å². The van der Waals surface area contributed by atoms with Crippen molar-refractivity contribution in [3.8, 4) is 11.5 Å². The molecule has 1 amide bonds. The van der Waals surface area contributed by atoms with E-state index in [-0.39, 0.29) is 12.5 Å². The molecule has 1 N–H and O–H groups in total. The zero-order valence-corrected chi connectivity index (χ0v) is 17.6. The largest absolute Gasteiger partial charge is 0.489 e. The van der Waals surface area contributed by atoms with Gasteiger partial charge in [-0.05, 0) is 54.3 Å². The molecule has 1 fully saturated rings. The third-order valence-corrected chi connectivity index (χ3v) is 5.44. The first-order valence-electron chi connectivity index (χ1n) is 10.7. The number of hydrogen-bond acceptors (Lipinski definition) is 4. The van der Waals surface area contributed by atoms with Gasteiger partial charge in [0.25, 0.3) is 5.91 Å². The van der Waals surface area contributed by atoms with E-state index in [0.717, 1.165) is 30.8 Å². The third kappa shape index (κ3) is 6.25. The van der Waals surface area contributed by atoms with E-state index in [1.807, 2.05) is 60.7 Å². The van der Waals surface area contributed by atoms with E-state index in [2.05, 4.69) is 34.5 Å². The molecule has 1 aliphatic rings. The molecule has 1 saturated heterocycles. The van der Waals surface area contributed by atoms with Crippen molar-refractivity contribution in [3.05, 3.63) is 90.5 Å². The Kier molecular flexibility index (Phi) is 7.06. The molecule has 5 nitrogen and oxygen atoms in total. The highest BCUT2D eigenvalue weighted by atomic mass is 16.5. The topological polar surface area (TPSA) is 50.8 Å². The van der Waals surface area contributed by atoms with Crippen LogP contribution in [0.4, 0.5) is 5.69 Å². The monoisotopic (exact) mass is 416 g/mol. The number of ether oxygens (including phenoxy) is 2. The first-order chi connectivity index (χ1) is 15.3. The molecule has 31 heavy (non-hydrogen) atoms. The Labute approximate surface area is 183 Å². The summed E-state index contributed by atoms with van der Waals surface area (Å²) in [4.78, 5) is 14.5. The molecule has 0 bridgehead atoms. The van der Waals surface area contributed by atoms with Gasteiger partial charge in [0.1, 0.15) is 18.1 Å². The second-order valence-corrected chi connectivity index (χ2v) is 7.77. The van der Waals surface area contributed by atoms with Crippen LogP contribution in [0, 0.1) is 5.92 Å². The van der Waals surface area contributed by atoms with Crippen molar-refractivity contribution in [1.82, 2.24) is 5.32 Å². The van der Waals surface area contributed by atoms with Crippen LogP contribution < -0.4 is 19.7 Å². The van der Waals surface area contributed by atoms with E-state index >= 15 is 0 Å². The van der Waals surface area contributed by atoms with Crippen LogP contribution in [0.5, 0.6) is 11.5 Å². The molecule has 1 atom stereocenters. The highest BCUT2D eigenvalue weighted by molar-refractivity contribution is 5.77. The van der Waals surface area contributed by atoms with Crippen LogP contribution in [0.25, 0.3) is 0 Å². The maximum atomic E-state index is 12.2. The van der Waals surface area contributed by atoms with Crippen LogP contribution in [-0.2, 0) is 11.4 Å². The van der Waals surface area contributed by atoms with Gasteiger partial charge in [-0.25, -0.2) is 0 Å². The van der Waals surface area contributed by atoms with Gasteiger partial charge < -0.3 is 19.7 Å². The van der Waals surface area contributed by atoms with E-state index in [4.69, 9.17) is 9.47 Å². The van der Waals surface area contributed by atoms with Crippen molar-refractivity contribution in [2.75, 3.05) is 31.1 Å².